The van der Waals surface area contributed by atoms with Crippen molar-refractivity contribution in [1.29, 1.82) is 0 Å². The van der Waals surface area contributed by atoms with E-state index in [1.165, 1.54) is 6.07 Å². The molecule has 1 saturated heterocycles. The second-order valence-electron chi connectivity index (χ2n) is 4.69. The van der Waals surface area contributed by atoms with Crippen molar-refractivity contribution in [3.05, 3.63) is 36.5 Å². The van der Waals surface area contributed by atoms with E-state index in [0.29, 0.717) is 30.7 Å². The van der Waals surface area contributed by atoms with Gasteiger partial charge in [0, 0.05) is 19.2 Å². The second-order valence-corrected chi connectivity index (χ2v) is 4.69. The number of hydrogen-bond donors (Lipinski definition) is 0. The minimum atomic E-state index is -0.321. The zero-order valence-electron chi connectivity index (χ0n) is 11.6. The Hall–Kier alpha value is -2.44. The van der Waals surface area contributed by atoms with Gasteiger partial charge < -0.3 is 14.4 Å². The zero-order valence-corrected chi connectivity index (χ0v) is 11.6. The van der Waals surface area contributed by atoms with Crippen molar-refractivity contribution in [2.24, 2.45) is 0 Å². The molecule has 1 atom stereocenters. The highest BCUT2D eigenvalue weighted by Crippen LogP contribution is 2.23. The van der Waals surface area contributed by atoms with Gasteiger partial charge in [0.05, 0.1) is 26.0 Å². The van der Waals surface area contributed by atoms with Crippen LogP contribution in [0.15, 0.2) is 30.7 Å². The number of aromatic nitrogens is 3. The highest BCUT2D eigenvalue weighted by molar-refractivity contribution is 5.41. The van der Waals surface area contributed by atoms with Gasteiger partial charge in [-0.15, -0.1) is 0 Å². The molecule has 2 aromatic rings. The Labute approximate surface area is 121 Å². The van der Waals surface area contributed by atoms with E-state index < -0.39 is 0 Å². The summed E-state index contributed by atoms with van der Waals surface area (Å²) in [5.74, 6) is 0.615. The van der Waals surface area contributed by atoms with Gasteiger partial charge in [0.25, 0.3) is 0 Å². The van der Waals surface area contributed by atoms with E-state index in [-0.39, 0.29) is 11.9 Å². The molecule has 1 unspecified atom stereocenters. The van der Waals surface area contributed by atoms with Gasteiger partial charge in [0.1, 0.15) is 6.10 Å². The Morgan fingerprint density at radius 3 is 2.81 bits per heavy atom. The van der Waals surface area contributed by atoms with Crippen LogP contribution in [0.2, 0.25) is 0 Å². The van der Waals surface area contributed by atoms with Gasteiger partial charge in [-0.1, -0.05) is 0 Å². The maximum absolute atomic E-state index is 13.7. The summed E-state index contributed by atoms with van der Waals surface area (Å²) in [6, 6.07) is 3.28. The minimum absolute atomic E-state index is 0.0835. The fourth-order valence-electron chi connectivity index (χ4n) is 2.25. The summed E-state index contributed by atoms with van der Waals surface area (Å²) in [7, 11) is 1.55. The predicted octanol–water partition coefficient (Wildman–Crippen LogP) is 1.68. The van der Waals surface area contributed by atoms with Crippen LogP contribution in [0, 0.1) is 5.82 Å². The number of nitrogens with zero attached hydrogens (tertiary/aromatic N) is 4. The maximum atomic E-state index is 13.7. The summed E-state index contributed by atoms with van der Waals surface area (Å²) >= 11 is 0. The highest BCUT2D eigenvalue weighted by Gasteiger charge is 2.27. The van der Waals surface area contributed by atoms with Gasteiger partial charge in [-0.3, -0.25) is 0 Å². The normalized spacial score (nSPS) is 17.8. The first-order chi connectivity index (χ1) is 10.3. The van der Waals surface area contributed by atoms with Crippen molar-refractivity contribution in [3.63, 3.8) is 0 Å². The van der Waals surface area contributed by atoms with Crippen LogP contribution >= 0.6 is 0 Å². The van der Waals surface area contributed by atoms with E-state index in [2.05, 4.69) is 15.0 Å². The summed E-state index contributed by atoms with van der Waals surface area (Å²) in [5, 5.41) is 0. The van der Waals surface area contributed by atoms with Gasteiger partial charge >= 0.3 is 6.01 Å². The lowest BCUT2D eigenvalue weighted by Gasteiger charge is -2.17. The molecule has 110 valence electrons. The average molecular weight is 290 g/mol. The monoisotopic (exact) mass is 290 g/mol. The van der Waals surface area contributed by atoms with Gasteiger partial charge in [-0.05, 0) is 12.1 Å². The van der Waals surface area contributed by atoms with Crippen LogP contribution in [-0.2, 0) is 0 Å². The van der Waals surface area contributed by atoms with E-state index in [1.54, 1.807) is 31.8 Å². The molecule has 0 N–H and O–H groups in total. The molecule has 0 radical (unpaired) electrons. The Bertz CT molecular complexity index is 608. The first-order valence-corrected chi connectivity index (χ1v) is 6.64. The smallest absolute Gasteiger partial charge is 0.316 e. The summed E-state index contributed by atoms with van der Waals surface area (Å²) < 4.78 is 24.4. The number of hydrogen-bond acceptors (Lipinski definition) is 6. The largest absolute Gasteiger partial charge is 0.494 e. The van der Waals surface area contributed by atoms with Crippen LogP contribution in [0.5, 0.6) is 11.8 Å². The van der Waals surface area contributed by atoms with E-state index in [1.807, 2.05) is 4.90 Å². The van der Waals surface area contributed by atoms with Crippen molar-refractivity contribution in [1.82, 2.24) is 15.0 Å². The molecule has 0 aliphatic carbocycles. The number of ether oxygens (including phenoxy) is 2. The fraction of sp³-hybridized carbons (Fsp3) is 0.357. The second kappa shape index (κ2) is 5.90. The molecule has 6 nitrogen and oxygen atoms in total. The summed E-state index contributed by atoms with van der Waals surface area (Å²) in [4.78, 5) is 14.1. The molecule has 3 heterocycles. The molecule has 7 heteroatoms. The number of methoxy groups -OCH3 is 1. The molecule has 1 aliphatic heterocycles. The van der Waals surface area contributed by atoms with E-state index >= 15 is 0 Å². The van der Waals surface area contributed by atoms with Crippen LogP contribution in [0.25, 0.3) is 0 Å². The number of pyridine rings is 1. The quantitative estimate of drug-likeness (QED) is 0.853. The third kappa shape index (κ3) is 3.01. The van der Waals surface area contributed by atoms with Crippen LogP contribution in [-0.4, -0.2) is 41.3 Å². The molecular weight excluding hydrogens is 275 g/mol. The molecular formula is C14H15FN4O2. The Balaban J connectivity index is 1.63. The molecule has 0 aromatic carbocycles. The van der Waals surface area contributed by atoms with E-state index in [9.17, 15) is 4.39 Å². The van der Waals surface area contributed by atoms with Crippen LogP contribution < -0.4 is 14.4 Å². The molecule has 0 spiro atoms. The summed E-state index contributed by atoms with van der Waals surface area (Å²) in [5.41, 5.74) is 0. The Kier molecular flexibility index (Phi) is 3.81. The molecule has 21 heavy (non-hydrogen) atoms. The fourth-order valence-corrected chi connectivity index (χ4v) is 2.25. The van der Waals surface area contributed by atoms with Crippen molar-refractivity contribution < 1.29 is 13.9 Å². The Morgan fingerprint density at radius 1 is 1.29 bits per heavy atom. The number of anilines is 1. The SMILES string of the molecule is COc1cnc(OC2CCN(c3ncccc3F)C2)nc1. The Morgan fingerprint density at radius 2 is 2.10 bits per heavy atom. The van der Waals surface area contributed by atoms with Gasteiger partial charge in [0.2, 0.25) is 0 Å². The van der Waals surface area contributed by atoms with Gasteiger partial charge in [-0.2, -0.15) is 9.97 Å². The molecule has 0 amide bonds. The van der Waals surface area contributed by atoms with Crippen LogP contribution in [0.4, 0.5) is 10.2 Å². The summed E-state index contributed by atoms with van der Waals surface area (Å²) in [6.07, 6.45) is 5.37. The molecule has 1 fully saturated rings. The topological polar surface area (TPSA) is 60.4 Å². The average Bonchev–Trinajstić information content (AvgIpc) is 2.97. The summed E-state index contributed by atoms with van der Waals surface area (Å²) in [6.45, 7) is 1.25. The predicted molar refractivity (Wildman–Crippen MR) is 74.0 cm³/mol. The molecule has 0 bridgehead atoms. The molecule has 0 saturated carbocycles. The van der Waals surface area contributed by atoms with E-state index in [4.69, 9.17) is 9.47 Å². The van der Waals surface area contributed by atoms with Gasteiger partial charge in [-0.25, -0.2) is 9.37 Å². The van der Waals surface area contributed by atoms with Crippen molar-refractivity contribution in [3.8, 4) is 11.8 Å². The molecule has 3 rings (SSSR count). The van der Waals surface area contributed by atoms with Gasteiger partial charge in [0.15, 0.2) is 17.4 Å². The molecule has 2 aromatic heterocycles. The van der Waals surface area contributed by atoms with Crippen molar-refractivity contribution in [2.75, 3.05) is 25.1 Å². The number of rotatable bonds is 4. The third-order valence-electron chi connectivity index (χ3n) is 3.30. The number of halogens is 1. The maximum Gasteiger partial charge on any atom is 0.316 e. The third-order valence-corrected chi connectivity index (χ3v) is 3.30. The molecule has 1 aliphatic rings. The minimum Gasteiger partial charge on any atom is -0.494 e. The lowest BCUT2D eigenvalue weighted by molar-refractivity contribution is 0.205. The zero-order chi connectivity index (χ0) is 14.7. The standard InChI is InChI=1S/C14H15FN4O2/c1-20-11-7-17-14(18-8-11)21-10-4-6-19(9-10)13-12(15)3-2-5-16-13/h2-3,5,7-8,10H,4,6,9H2,1H3. The first-order valence-electron chi connectivity index (χ1n) is 6.64. The van der Waals surface area contributed by atoms with Crippen LogP contribution in [0.3, 0.4) is 0 Å². The lowest BCUT2D eigenvalue weighted by atomic mass is 10.3. The first kappa shape index (κ1) is 13.5. The highest BCUT2D eigenvalue weighted by atomic mass is 19.1. The van der Waals surface area contributed by atoms with Crippen LogP contribution in [0.1, 0.15) is 6.42 Å². The van der Waals surface area contributed by atoms with E-state index in [0.717, 1.165) is 6.42 Å². The lowest BCUT2D eigenvalue weighted by Crippen LogP contribution is -2.26. The van der Waals surface area contributed by atoms with Crippen molar-refractivity contribution >= 4 is 5.82 Å². The van der Waals surface area contributed by atoms with Crippen molar-refractivity contribution in [2.45, 2.75) is 12.5 Å².